The Labute approximate surface area is 94.8 Å². The summed E-state index contributed by atoms with van der Waals surface area (Å²) in [5.41, 5.74) is 0.403. The van der Waals surface area contributed by atoms with E-state index in [1.165, 1.54) is 25.7 Å². The molecule has 90 valence electrons. The lowest BCUT2D eigenvalue weighted by atomic mass is 9.79. The summed E-state index contributed by atoms with van der Waals surface area (Å²) in [5, 5.41) is 3.60. The van der Waals surface area contributed by atoms with Crippen LogP contribution in [0, 0.1) is 5.92 Å². The van der Waals surface area contributed by atoms with Crippen molar-refractivity contribution in [2.24, 2.45) is 5.92 Å². The lowest BCUT2D eigenvalue weighted by Crippen LogP contribution is -2.42. The minimum absolute atomic E-state index is 0.151. The molecule has 0 saturated heterocycles. The molecule has 1 aliphatic carbocycles. The van der Waals surface area contributed by atoms with Crippen LogP contribution in [0.15, 0.2) is 0 Å². The molecule has 1 N–H and O–H groups in total. The molecule has 0 aromatic heterocycles. The molecule has 0 aromatic carbocycles. The Balaban J connectivity index is 2.26. The van der Waals surface area contributed by atoms with Crippen LogP contribution in [-0.2, 0) is 4.74 Å². The van der Waals surface area contributed by atoms with Crippen LogP contribution in [-0.4, -0.2) is 24.8 Å². The Bertz CT molecular complexity index is 187. The van der Waals surface area contributed by atoms with Crippen molar-refractivity contribution in [3.05, 3.63) is 0 Å². The first-order valence-corrected chi connectivity index (χ1v) is 6.15. The average molecular weight is 213 g/mol. The lowest BCUT2D eigenvalue weighted by molar-refractivity contribution is -0.0339. The molecule has 15 heavy (non-hydrogen) atoms. The molecular formula is C13H27NO. The Morgan fingerprint density at radius 3 is 2.20 bits per heavy atom. The molecule has 1 fully saturated rings. The number of methoxy groups -OCH3 is 1. The van der Waals surface area contributed by atoms with Crippen LogP contribution in [0.2, 0.25) is 0 Å². The number of nitrogens with one attached hydrogen (secondary N) is 1. The van der Waals surface area contributed by atoms with Crippen molar-refractivity contribution in [3.63, 3.8) is 0 Å². The summed E-state index contributed by atoms with van der Waals surface area (Å²) >= 11 is 0. The molecule has 0 aliphatic heterocycles. The topological polar surface area (TPSA) is 21.3 Å². The second-order valence-electron chi connectivity index (χ2n) is 6.23. The fourth-order valence-electron chi connectivity index (χ4n) is 2.15. The quantitative estimate of drug-likeness (QED) is 0.778. The van der Waals surface area contributed by atoms with Crippen LogP contribution in [0.1, 0.15) is 53.4 Å². The van der Waals surface area contributed by atoms with Gasteiger partial charge in [-0.25, -0.2) is 0 Å². The smallest absolute Gasteiger partial charge is 0.0651 e. The van der Waals surface area contributed by atoms with Crippen molar-refractivity contribution in [2.45, 2.75) is 64.5 Å². The van der Waals surface area contributed by atoms with E-state index in [1.54, 1.807) is 0 Å². The highest BCUT2D eigenvalue weighted by Gasteiger charge is 2.30. The van der Waals surface area contributed by atoms with E-state index in [2.05, 4.69) is 33.0 Å². The number of rotatable bonds is 3. The van der Waals surface area contributed by atoms with Crippen LogP contribution in [0.25, 0.3) is 0 Å². The summed E-state index contributed by atoms with van der Waals surface area (Å²) in [6.07, 6.45) is 5.01. The summed E-state index contributed by atoms with van der Waals surface area (Å²) in [7, 11) is 1.84. The second kappa shape index (κ2) is 4.84. The van der Waals surface area contributed by atoms with E-state index in [0.29, 0.717) is 0 Å². The molecule has 0 aromatic rings. The molecule has 0 heterocycles. The summed E-state index contributed by atoms with van der Waals surface area (Å²) in [4.78, 5) is 0. The molecule has 0 radical (unpaired) electrons. The van der Waals surface area contributed by atoms with Crippen molar-refractivity contribution < 1.29 is 4.74 Å². The molecular weight excluding hydrogens is 186 g/mol. The van der Waals surface area contributed by atoms with Gasteiger partial charge in [0.15, 0.2) is 0 Å². The van der Waals surface area contributed by atoms with Gasteiger partial charge in [-0.15, -0.1) is 0 Å². The maximum Gasteiger partial charge on any atom is 0.0651 e. The normalized spacial score (nSPS) is 33.0. The molecule has 0 amide bonds. The number of hydrogen-bond acceptors (Lipinski definition) is 2. The Kier molecular flexibility index (Phi) is 4.19. The summed E-state index contributed by atoms with van der Waals surface area (Å²) in [5.74, 6) is 0.840. The fraction of sp³-hybridized carbons (Fsp3) is 1.00. The predicted octanol–water partition coefficient (Wildman–Crippen LogP) is 2.97. The maximum atomic E-state index is 5.55. The first-order chi connectivity index (χ1) is 6.85. The highest BCUT2D eigenvalue weighted by molar-refractivity contribution is 4.84. The summed E-state index contributed by atoms with van der Waals surface area (Å²) < 4.78 is 5.55. The highest BCUT2D eigenvalue weighted by atomic mass is 16.5. The SMILES string of the molecule is CO[C@]1(C)CC[C@@H](CNC(C)(C)C)CC1. The van der Waals surface area contributed by atoms with E-state index in [9.17, 15) is 0 Å². The predicted molar refractivity (Wildman–Crippen MR) is 65.1 cm³/mol. The van der Waals surface area contributed by atoms with Crippen LogP contribution >= 0.6 is 0 Å². The summed E-state index contributed by atoms with van der Waals surface area (Å²) in [6.45, 7) is 10.1. The Morgan fingerprint density at radius 1 is 1.27 bits per heavy atom. The minimum atomic E-state index is 0.151. The Morgan fingerprint density at radius 2 is 1.80 bits per heavy atom. The van der Waals surface area contributed by atoms with Gasteiger partial charge in [0.25, 0.3) is 0 Å². The van der Waals surface area contributed by atoms with Crippen molar-refractivity contribution in [1.82, 2.24) is 5.32 Å². The van der Waals surface area contributed by atoms with Crippen LogP contribution < -0.4 is 5.32 Å². The standard InChI is InChI=1S/C13H27NO/c1-12(2,3)14-10-11-6-8-13(4,15-5)9-7-11/h11,14H,6-10H2,1-5H3/t11-,13-. The van der Waals surface area contributed by atoms with E-state index in [0.717, 1.165) is 12.5 Å². The first-order valence-electron chi connectivity index (χ1n) is 6.15. The van der Waals surface area contributed by atoms with Gasteiger partial charge in [-0.2, -0.15) is 0 Å². The monoisotopic (exact) mass is 213 g/mol. The summed E-state index contributed by atoms with van der Waals surface area (Å²) in [6, 6.07) is 0. The van der Waals surface area contributed by atoms with Gasteiger partial charge >= 0.3 is 0 Å². The third kappa shape index (κ3) is 4.52. The van der Waals surface area contributed by atoms with Gasteiger partial charge in [-0.3, -0.25) is 0 Å². The van der Waals surface area contributed by atoms with Gasteiger partial charge in [-0.05, 0) is 65.8 Å². The van der Waals surface area contributed by atoms with E-state index in [-0.39, 0.29) is 11.1 Å². The zero-order chi connectivity index (χ0) is 11.5. The lowest BCUT2D eigenvalue weighted by Gasteiger charge is -2.37. The highest BCUT2D eigenvalue weighted by Crippen LogP contribution is 2.33. The Hall–Kier alpha value is -0.0800. The van der Waals surface area contributed by atoms with Gasteiger partial charge < -0.3 is 10.1 Å². The molecule has 2 heteroatoms. The molecule has 1 aliphatic rings. The largest absolute Gasteiger partial charge is 0.379 e. The molecule has 0 spiro atoms. The maximum absolute atomic E-state index is 5.55. The zero-order valence-electron chi connectivity index (χ0n) is 11.0. The van der Waals surface area contributed by atoms with Crippen molar-refractivity contribution in [2.75, 3.05) is 13.7 Å². The van der Waals surface area contributed by atoms with E-state index >= 15 is 0 Å². The molecule has 0 unspecified atom stereocenters. The molecule has 0 atom stereocenters. The van der Waals surface area contributed by atoms with Gasteiger partial charge in [0.05, 0.1) is 5.60 Å². The fourth-order valence-corrected chi connectivity index (χ4v) is 2.15. The van der Waals surface area contributed by atoms with Crippen LogP contribution in [0.4, 0.5) is 0 Å². The van der Waals surface area contributed by atoms with Crippen molar-refractivity contribution in [1.29, 1.82) is 0 Å². The minimum Gasteiger partial charge on any atom is -0.379 e. The average Bonchev–Trinajstić information content (AvgIpc) is 2.16. The van der Waals surface area contributed by atoms with Crippen LogP contribution in [0.5, 0.6) is 0 Å². The molecule has 1 rings (SSSR count). The van der Waals surface area contributed by atoms with Crippen molar-refractivity contribution >= 4 is 0 Å². The zero-order valence-corrected chi connectivity index (χ0v) is 11.0. The van der Waals surface area contributed by atoms with Crippen molar-refractivity contribution in [3.8, 4) is 0 Å². The van der Waals surface area contributed by atoms with Gasteiger partial charge in [0.2, 0.25) is 0 Å². The molecule has 1 saturated carbocycles. The number of ether oxygens (including phenoxy) is 1. The van der Waals surface area contributed by atoms with E-state index in [4.69, 9.17) is 4.74 Å². The van der Waals surface area contributed by atoms with Gasteiger partial charge in [0.1, 0.15) is 0 Å². The molecule has 0 bridgehead atoms. The van der Waals surface area contributed by atoms with Crippen LogP contribution in [0.3, 0.4) is 0 Å². The van der Waals surface area contributed by atoms with Gasteiger partial charge in [-0.1, -0.05) is 0 Å². The third-order valence-corrected chi connectivity index (χ3v) is 3.58. The molecule has 2 nitrogen and oxygen atoms in total. The van der Waals surface area contributed by atoms with E-state index < -0.39 is 0 Å². The first kappa shape index (κ1) is 13.0. The second-order valence-corrected chi connectivity index (χ2v) is 6.23. The number of hydrogen-bond donors (Lipinski definition) is 1. The third-order valence-electron chi connectivity index (χ3n) is 3.58. The van der Waals surface area contributed by atoms with Gasteiger partial charge in [0, 0.05) is 12.6 Å². The van der Waals surface area contributed by atoms with E-state index in [1.807, 2.05) is 7.11 Å².